The molecule has 0 aliphatic rings. The molecule has 0 spiro atoms. The number of halogens is 1. The monoisotopic (exact) mass is 314 g/mol. The predicted octanol–water partition coefficient (Wildman–Crippen LogP) is 3.28. The molecule has 0 heterocycles. The van der Waals surface area contributed by atoms with Crippen molar-refractivity contribution in [3.05, 3.63) is 82.5 Å². The van der Waals surface area contributed by atoms with Crippen LogP contribution in [-0.4, -0.2) is 11.7 Å². The number of allylic oxidation sites excluding steroid dienone is 1. The van der Waals surface area contributed by atoms with E-state index in [9.17, 15) is 9.59 Å². The fourth-order valence-electron chi connectivity index (χ4n) is 1.71. The second-order valence-corrected chi connectivity index (χ2v) is 5.11. The minimum atomic E-state index is -0.316. The molecule has 0 radical (unpaired) electrons. The van der Waals surface area contributed by atoms with Crippen LogP contribution in [0.1, 0.15) is 26.3 Å². The van der Waals surface area contributed by atoms with Gasteiger partial charge in [0.1, 0.15) is 0 Å². The van der Waals surface area contributed by atoms with Gasteiger partial charge < -0.3 is 5.43 Å². The van der Waals surface area contributed by atoms with Gasteiger partial charge in [-0.3, -0.25) is 15.0 Å². The first-order valence-corrected chi connectivity index (χ1v) is 7.03. The molecule has 0 saturated carbocycles. The minimum absolute atomic E-state index is 0.145. The Morgan fingerprint density at radius 1 is 0.955 bits per heavy atom. The smallest absolute Gasteiger partial charge is 0.269 e. The highest BCUT2D eigenvalue weighted by molar-refractivity contribution is 6.30. The fraction of sp³-hybridized carbons (Fsp3) is 0.0588. The van der Waals surface area contributed by atoms with Crippen LogP contribution in [0.15, 0.2) is 60.8 Å². The van der Waals surface area contributed by atoms with E-state index in [0.29, 0.717) is 16.1 Å². The van der Waals surface area contributed by atoms with E-state index in [4.69, 9.17) is 11.6 Å². The van der Waals surface area contributed by atoms with Gasteiger partial charge >= 0.3 is 0 Å². The van der Waals surface area contributed by atoms with Gasteiger partial charge in [0.05, 0.1) is 0 Å². The van der Waals surface area contributed by atoms with Crippen LogP contribution in [0.25, 0.3) is 0 Å². The Balaban J connectivity index is 1.85. The van der Waals surface area contributed by atoms with Gasteiger partial charge in [0.15, 0.2) is 5.78 Å². The lowest BCUT2D eigenvalue weighted by Crippen LogP contribution is -2.33. The van der Waals surface area contributed by atoms with Crippen molar-refractivity contribution in [2.75, 3.05) is 0 Å². The summed E-state index contributed by atoms with van der Waals surface area (Å²) in [6.45, 7) is 1.96. The molecule has 2 N–H and O–H groups in total. The third-order valence-electron chi connectivity index (χ3n) is 2.95. The maximum atomic E-state index is 11.9. The molecule has 5 heteroatoms. The number of benzene rings is 2. The van der Waals surface area contributed by atoms with E-state index in [2.05, 4.69) is 10.9 Å². The summed E-state index contributed by atoms with van der Waals surface area (Å²) in [4.78, 5) is 23.6. The van der Waals surface area contributed by atoms with E-state index in [1.807, 2.05) is 19.1 Å². The van der Waals surface area contributed by atoms with Crippen molar-refractivity contribution in [1.29, 1.82) is 0 Å². The summed E-state index contributed by atoms with van der Waals surface area (Å²) >= 11 is 5.75. The first-order valence-electron chi connectivity index (χ1n) is 6.65. The largest absolute Gasteiger partial charge is 0.305 e. The molecule has 0 atom stereocenters. The van der Waals surface area contributed by atoms with E-state index >= 15 is 0 Å². The van der Waals surface area contributed by atoms with Crippen molar-refractivity contribution < 1.29 is 9.59 Å². The average molecular weight is 315 g/mol. The molecular weight excluding hydrogens is 300 g/mol. The molecule has 4 nitrogen and oxygen atoms in total. The van der Waals surface area contributed by atoms with E-state index in [1.165, 1.54) is 12.3 Å². The number of amides is 1. The molecule has 0 unspecified atom stereocenters. The molecule has 1 amide bonds. The Hall–Kier alpha value is -2.59. The lowest BCUT2D eigenvalue weighted by atomic mass is 10.1. The van der Waals surface area contributed by atoms with Crippen molar-refractivity contribution >= 4 is 23.3 Å². The summed E-state index contributed by atoms with van der Waals surface area (Å²) in [6.07, 6.45) is 2.74. The summed E-state index contributed by atoms with van der Waals surface area (Å²) in [5.41, 5.74) is 7.19. The lowest BCUT2D eigenvalue weighted by molar-refractivity contribution is 0.0939. The van der Waals surface area contributed by atoms with Crippen LogP contribution in [0.5, 0.6) is 0 Å². The zero-order valence-electron chi connectivity index (χ0n) is 12.0. The van der Waals surface area contributed by atoms with Crippen LogP contribution in [0.4, 0.5) is 0 Å². The average Bonchev–Trinajstić information content (AvgIpc) is 2.52. The van der Waals surface area contributed by atoms with Crippen molar-refractivity contribution in [3.63, 3.8) is 0 Å². The molecule has 0 aromatic heterocycles. The van der Waals surface area contributed by atoms with Crippen LogP contribution < -0.4 is 10.9 Å². The molecule has 0 aliphatic heterocycles. The molecule has 0 bridgehead atoms. The fourth-order valence-corrected chi connectivity index (χ4v) is 1.84. The van der Waals surface area contributed by atoms with Gasteiger partial charge in [0.2, 0.25) is 0 Å². The first kappa shape index (κ1) is 15.8. The van der Waals surface area contributed by atoms with Gasteiger partial charge in [-0.1, -0.05) is 41.4 Å². The van der Waals surface area contributed by atoms with Crippen LogP contribution in [0.2, 0.25) is 5.02 Å². The Morgan fingerprint density at radius 3 is 2.18 bits per heavy atom. The van der Waals surface area contributed by atoms with Crippen LogP contribution in [0, 0.1) is 6.92 Å². The van der Waals surface area contributed by atoms with Crippen LogP contribution in [0.3, 0.4) is 0 Å². The third-order valence-corrected chi connectivity index (χ3v) is 3.20. The second-order valence-electron chi connectivity index (χ2n) is 4.67. The van der Waals surface area contributed by atoms with Gasteiger partial charge in [0.25, 0.3) is 5.91 Å². The number of hydrogen-bond acceptors (Lipinski definition) is 3. The number of carbonyl (C=O) groups excluding carboxylic acids is 2. The molecule has 0 fully saturated rings. The van der Waals surface area contributed by atoms with Gasteiger partial charge in [-0.05, 0) is 31.2 Å². The Labute approximate surface area is 133 Å². The Morgan fingerprint density at radius 2 is 1.55 bits per heavy atom. The van der Waals surface area contributed by atoms with E-state index in [0.717, 1.165) is 5.56 Å². The highest BCUT2D eigenvalue weighted by Crippen LogP contribution is 2.09. The molecule has 0 saturated heterocycles. The molecule has 2 aromatic rings. The molecule has 2 rings (SSSR count). The zero-order valence-corrected chi connectivity index (χ0v) is 12.7. The summed E-state index contributed by atoms with van der Waals surface area (Å²) in [5, 5.41) is 0.563. The summed E-state index contributed by atoms with van der Waals surface area (Å²) in [7, 11) is 0. The van der Waals surface area contributed by atoms with E-state index < -0.39 is 0 Å². The Kier molecular flexibility index (Phi) is 5.33. The van der Waals surface area contributed by atoms with Gasteiger partial charge in [-0.25, -0.2) is 0 Å². The summed E-state index contributed by atoms with van der Waals surface area (Å²) < 4.78 is 0. The number of ketones is 1. The van der Waals surface area contributed by atoms with E-state index in [-0.39, 0.29) is 11.7 Å². The third kappa shape index (κ3) is 4.46. The SMILES string of the molecule is Cc1ccc(C(=O)C=CNNC(=O)c2ccc(Cl)cc2)cc1. The standard InChI is InChI=1S/C17H15ClN2O2/c1-12-2-4-13(5-3-12)16(21)10-11-19-20-17(22)14-6-8-15(18)9-7-14/h2-11,19H,1H3,(H,20,22). The highest BCUT2D eigenvalue weighted by Gasteiger charge is 2.03. The van der Waals surface area contributed by atoms with Gasteiger partial charge in [-0.2, -0.15) is 0 Å². The predicted molar refractivity (Wildman–Crippen MR) is 86.7 cm³/mol. The zero-order chi connectivity index (χ0) is 15.9. The molecule has 0 aliphatic carbocycles. The van der Waals surface area contributed by atoms with Crippen molar-refractivity contribution in [2.45, 2.75) is 6.92 Å². The van der Waals surface area contributed by atoms with Gasteiger partial charge in [0, 0.05) is 28.4 Å². The maximum absolute atomic E-state index is 11.9. The lowest BCUT2D eigenvalue weighted by Gasteiger charge is -2.04. The number of hydrogen-bond donors (Lipinski definition) is 2. The number of carbonyl (C=O) groups is 2. The first-order chi connectivity index (χ1) is 10.6. The summed E-state index contributed by atoms with van der Waals surface area (Å²) in [5.74, 6) is -0.461. The van der Waals surface area contributed by atoms with Crippen LogP contribution >= 0.6 is 11.6 Å². The quantitative estimate of drug-likeness (QED) is 0.506. The number of hydrazine groups is 1. The highest BCUT2D eigenvalue weighted by atomic mass is 35.5. The van der Waals surface area contributed by atoms with E-state index in [1.54, 1.807) is 36.4 Å². The number of rotatable bonds is 5. The summed E-state index contributed by atoms with van der Waals surface area (Å²) in [6, 6.07) is 13.7. The minimum Gasteiger partial charge on any atom is -0.305 e. The topological polar surface area (TPSA) is 58.2 Å². The van der Waals surface area contributed by atoms with Crippen LogP contribution in [-0.2, 0) is 0 Å². The Bertz CT molecular complexity index is 692. The van der Waals surface area contributed by atoms with Crippen molar-refractivity contribution in [2.24, 2.45) is 0 Å². The molecule has 2 aromatic carbocycles. The normalized spacial score (nSPS) is 10.5. The van der Waals surface area contributed by atoms with Gasteiger partial charge in [-0.15, -0.1) is 0 Å². The van der Waals surface area contributed by atoms with Crippen molar-refractivity contribution in [3.8, 4) is 0 Å². The number of nitrogens with one attached hydrogen (secondary N) is 2. The molecule has 112 valence electrons. The van der Waals surface area contributed by atoms with Crippen molar-refractivity contribution in [1.82, 2.24) is 10.9 Å². The second kappa shape index (κ2) is 7.43. The maximum Gasteiger partial charge on any atom is 0.269 e. The molecular formula is C17H15ClN2O2. The molecule has 22 heavy (non-hydrogen) atoms. The number of aryl methyl sites for hydroxylation is 1.